The number of esters is 1. The summed E-state index contributed by atoms with van der Waals surface area (Å²) in [6.45, 7) is 0. The number of carbonyl (C=O) groups is 2. The molecule has 0 atom stereocenters. The number of hydrogen-bond acceptors (Lipinski definition) is 6. The molecule has 0 aliphatic carbocycles. The van der Waals surface area contributed by atoms with Gasteiger partial charge in [0.1, 0.15) is 11.9 Å². The summed E-state index contributed by atoms with van der Waals surface area (Å²) in [5.41, 5.74) is 6.64. The van der Waals surface area contributed by atoms with E-state index in [1.54, 1.807) is 48.7 Å². The standard InChI is InChI=1S/C19H15N5O3/c1-27-19(26)17-16(21)12(10-20)11-24(17)14-7-3-2-6-13(14)18(25)23-15-8-4-5-9-22-15/h2-9,11H,21H2,1H3,(H,22,23,25). The van der Waals surface area contributed by atoms with Gasteiger partial charge in [0, 0.05) is 12.4 Å². The summed E-state index contributed by atoms with van der Waals surface area (Å²) >= 11 is 0. The third-order valence-electron chi connectivity index (χ3n) is 3.86. The van der Waals surface area contributed by atoms with Gasteiger partial charge < -0.3 is 20.4 Å². The zero-order chi connectivity index (χ0) is 19.4. The lowest BCUT2D eigenvalue weighted by molar-refractivity contribution is 0.0592. The lowest BCUT2D eigenvalue weighted by atomic mass is 10.1. The van der Waals surface area contributed by atoms with Crippen molar-refractivity contribution >= 4 is 23.4 Å². The quantitative estimate of drug-likeness (QED) is 0.688. The number of anilines is 2. The van der Waals surface area contributed by atoms with Gasteiger partial charge in [-0.2, -0.15) is 5.26 Å². The molecular weight excluding hydrogens is 346 g/mol. The van der Waals surface area contributed by atoms with Gasteiger partial charge in [-0.05, 0) is 24.3 Å². The molecule has 1 aromatic carbocycles. The van der Waals surface area contributed by atoms with Crippen molar-refractivity contribution in [2.45, 2.75) is 0 Å². The molecule has 134 valence electrons. The number of nitriles is 1. The number of benzene rings is 1. The number of methoxy groups -OCH3 is 1. The van der Waals surface area contributed by atoms with Gasteiger partial charge in [-0.1, -0.05) is 18.2 Å². The summed E-state index contributed by atoms with van der Waals surface area (Å²) in [5, 5.41) is 11.9. The van der Waals surface area contributed by atoms with Crippen LogP contribution in [0.15, 0.2) is 54.9 Å². The predicted octanol–water partition coefficient (Wildman–Crippen LogP) is 2.37. The molecule has 0 aliphatic rings. The molecule has 1 amide bonds. The van der Waals surface area contributed by atoms with Crippen LogP contribution >= 0.6 is 0 Å². The van der Waals surface area contributed by atoms with Crippen LogP contribution in [0.25, 0.3) is 5.69 Å². The zero-order valence-corrected chi connectivity index (χ0v) is 14.3. The van der Waals surface area contributed by atoms with E-state index in [1.807, 2.05) is 6.07 Å². The lowest BCUT2D eigenvalue weighted by Gasteiger charge is -2.13. The molecule has 3 rings (SSSR count). The van der Waals surface area contributed by atoms with E-state index in [1.165, 1.54) is 17.9 Å². The maximum Gasteiger partial charge on any atom is 0.357 e. The fourth-order valence-corrected chi connectivity index (χ4v) is 2.60. The number of nitrogen functional groups attached to an aromatic ring is 1. The van der Waals surface area contributed by atoms with E-state index in [0.29, 0.717) is 11.5 Å². The second-order valence-electron chi connectivity index (χ2n) is 5.46. The van der Waals surface area contributed by atoms with E-state index in [4.69, 9.17) is 10.5 Å². The Morgan fingerprint density at radius 1 is 1.22 bits per heavy atom. The summed E-state index contributed by atoms with van der Waals surface area (Å²) in [6, 6.07) is 13.7. The van der Waals surface area contributed by atoms with Crippen molar-refractivity contribution in [3.63, 3.8) is 0 Å². The summed E-state index contributed by atoms with van der Waals surface area (Å²) in [4.78, 5) is 29.0. The Morgan fingerprint density at radius 3 is 2.63 bits per heavy atom. The van der Waals surface area contributed by atoms with Crippen molar-refractivity contribution < 1.29 is 14.3 Å². The predicted molar refractivity (Wildman–Crippen MR) is 98.4 cm³/mol. The summed E-state index contributed by atoms with van der Waals surface area (Å²) in [5.74, 6) is -0.755. The molecule has 2 heterocycles. The van der Waals surface area contributed by atoms with E-state index >= 15 is 0 Å². The van der Waals surface area contributed by atoms with Gasteiger partial charge in [-0.25, -0.2) is 9.78 Å². The SMILES string of the molecule is COC(=O)c1c(N)c(C#N)cn1-c1ccccc1C(=O)Nc1ccccn1. The van der Waals surface area contributed by atoms with Gasteiger partial charge in [0.15, 0.2) is 5.69 Å². The Hall–Kier alpha value is -4.12. The van der Waals surface area contributed by atoms with Crippen molar-refractivity contribution in [2.75, 3.05) is 18.2 Å². The number of aromatic nitrogens is 2. The van der Waals surface area contributed by atoms with Gasteiger partial charge in [-0.3, -0.25) is 4.79 Å². The number of nitrogens with zero attached hydrogens (tertiary/aromatic N) is 3. The van der Waals surface area contributed by atoms with Crippen LogP contribution < -0.4 is 11.1 Å². The third-order valence-corrected chi connectivity index (χ3v) is 3.86. The molecule has 0 saturated heterocycles. The second-order valence-corrected chi connectivity index (χ2v) is 5.46. The normalized spacial score (nSPS) is 10.1. The Bertz CT molecular complexity index is 1050. The molecule has 27 heavy (non-hydrogen) atoms. The van der Waals surface area contributed by atoms with Gasteiger partial charge in [0.05, 0.1) is 29.6 Å². The first-order valence-electron chi connectivity index (χ1n) is 7.87. The Kier molecular flexibility index (Phi) is 4.86. The van der Waals surface area contributed by atoms with E-state index in [-0.39, 0.29) is 22.5 Å². The van der Waals surface area contributed by atoms with Crippen molar-refractivity contribution in [1.29, 1.82) is 5.26 Å². The average Bonchev–Trinajstić information content (AvgIpc) is 3.04. The average molecular weight is 361 g/mol. The second kappa shape index (κ2) is 7.41. The number of para-hydroxylation sites is 1. The molecule has 0 fully saturated rings. The molecular formula is C19H15N5O3. The zero-order valence-electron chi connectivity index (χ0n) is 14.3. The van der Waals surface area contributed by atoms with E-state index in [0.717, 1.165) is 0 Å². The van der Waals surface area contributed by atoms with Gasteiger partial charge in [0.25, 0.3) is 5.91 Å². The van der Waals surface area contributed by atoms with Crippen LogP contribution in [0.3, 0.4) is 0 Å². The number of ether oxygens (including phenoxy) is 1. The van der Waals surface area contributed by atoms with E-state index in [2.05, 4.69) is 10.3 Å². The molecule has 0 bridgehead atoms. The number of carbonyl (C=O) groups excluding carboxylic acids is 2. The first kappa shape index (κ1) is 17.7. The van der Waals surface area contributed by atoms with E-state index < -0.39 is 11.9 Å². The van der Waals surface area contributed by atoms with E-state index in [9.17, 15) is 14.9 Å². The first-order valence-corrected chi connectivity index (χ1v) is 7.87. The number of amides is 1. The molecule has 8 nitrogen and oxygen atoms in total. The number of hydrogen-bond donors (Lipinski definition) is 2. The maximum atomic E-state index is 12.7. The van der Waals surface area contributed by atoms with Crippen LogP contribution in [0.5, 0.6) is 0 Å². The highest BCUT2D eigenvalue weighted by Crippen LogP contribution is 2.27. The molecule has 2 aromatic heterocycles. The summed E-state index contributed by atoms with van der Waals surface area (Å²) < 4.78 is 6.16. The van der Waals surface area contributed by atoms with Gasteiger partial charge >= 0.3 is 5.97 Å². The Morgan fingerprint density at radius 2 is 1.96 bits per heavy atom. The Labute approximate surface area is 154 Å². The van der Waals surface area contributed by atoms with Crippen LogP contribution in [0.1, 0.15) is 26.4 Å². The van der Waals surface area contributed by atoms with Crippen LogP contribution in [0.4, 0.5) is 11.5 Å². The molecule has 0 radical (unpaired) electrons. The van der Waals surface area contributed by atoms with Crippen molar-refractivity contribution in [3.05, 3.63) is 71.7 Å². The summed E-state index contributed by atoms with van der Waals surface area (Å²) in [7, 11) is 1.21. The molecule has 0 spiro atoms. The maximum absolute atomic E-state index is 12.7. The van der Waals surface area contributed by atoms with Crippen molar-refractivity contribution in [3.8, 4) is 11.8 Å². The van der Waals surface area contributed by atoms with Crippen LogP contribution in [0.2, 0.25) is 0 Å². The number of nitrogens with one attached hydrogen (secondary N) is 1. The van der Waals surface area contributed by atoms with Crippen LogP contribution in [-0.4, -0.2) is 28.5 Å². The molecule has 8 heteroatoms. The molecule has 3 N–H and O–H groups in total. The number of nitrogens with two attached hydrogens (primary N) is 1. The topological polar surface area (TPSA) is 123 Å². The highest BCUT2D eigenvalue weighted by Gasteiger charge is 2.24. The van der Waals surface area contributed by atoms with Crippen LogP contribution in [-0.2, 0) is 4.74 Å². The largest absolute Gasteiger partial charge is 0.464 e. The minimum Gasteiger partial charge on any atom is -0.464 e. The minimum atomic E-state index is -0.714. The van der Waals surface area contributed by atoms with Crippen molar-refractivity contribution in [1.82, 2.24) is 9.55 Å². The first-order chi connectivity index (χ1) is 13.1. The number of rotatable bonds is 4. The fourth-order valence-electron chi connectivity index (χ4n) is 2.60. The third kappa shape index (κ3) is 3.34. The molecule has 0 unspecified atom stereocenters. The lowest BCUT2D eigenvalue weighted by Crippen LogP contribution is -2.18. The highest BCUT2D eigenvalue weighted by molar-refractivity contribution is 6.07. The monoisotopic (exact) mass is 361 g/mol. The Balaban J connectivity index is 2.11. The molecule has 3 aromatic rings. The molecule has 0 aliphatic heterocycles. The van der Waals surface area contributed by atoms with Crippen molar-refractivity contribution in [2.24, 2.45) is 0 Å². The smallest absolute Gasteiger partial charge is 0.357 e. The number of pyridine rings is 1. The highest BCUT2D eigenvalue weighted by atomic mass is 16.5. The molecule has 0 saturated carbocycles. The van der Waals surface area contributed by atoms with Gasteiger partial charge in [-0.15, -0.1) is 0 Å². The fraction of sp³-hybridized carbons (Fsp3) is 0.0526. The van der Waals surface area contributed by atoms with Gasteiger partial charge in [0.2, 0.25) is 0 Å². The minimum absolute atomic E-state index is 0.00992. The van der Waals surface area contributed by atoms with Crippen LogP contribution in [0, 0.1) is 11.3 Å². The summed E-state index contributed by atoms with van der Waals surface area (Å²) in [6.07, 6.45) is 2.96.